The van der Waals surface area contributed by atoms with Crippen LogP contribution in [0, 0.1) is 13.8 Å². The number of piperazine rings is 1. The Morgan fingerprint density at radius 2 is 1.76 bits per heavy atom. The van der Waals surface area contributed by atoms with E-state index >= 15 is 0 Å². The first kappa shape index (κ1) is 19.4. The molecular formula is C24H28N4O. The van der Waals surface area contributed by atoms with E-state index in [1.807, 2.05) is 30.7 Å². The Balaban J connectivity index is 1.57. The van der Waals surface area contributed by atoms with Crippen molar-refractivity contribution in [2.45, 2.75) is 33.0 Å². The normalized spacial score (nSPS) is 18.6. The summed E-state index contributed by atoms with van der Waals surface area (Å²) < 4.78 is 1.85. The second-order valence-corrected chi connectivity index (χ2v) is 7.84. The molecule has 4 rings (SSSR count). The van der Waals surface area contributed by atoms with Crippen molar-refractivity contribution >= 4 is 12.0 Å². The molecule has 0 aliphatic carbocycles. The molecule has 1 saturated heterocycles. The summed E-state index contributed by atoms with van der Waals surface area (Å²) in [6.07, 6.45) is 0.661. The van der Waals surface area contributed by atoms with Gasteiger partial charge in [-0.25, -0.2) is 4.68 Å². The Labute approximate surface area is 172 Å². The first-order chi connectivity index (χ1) is 14.1. The van der Waals surface area contributed by atoms with Gasteiger partial charge in [0.05, 0.1) is 5.69 Å². The number of carbonyl (C=O) groups is 1. The van der Waals surface area contributed by atoms with Crippen molar-refractivity contribution < 1.29 is 4.79 Å². The highest BCUT2D eigenvalue weighted by Gasteiger charge is 2.32. The van der Waals surface area contributed by atoms with Gasteiger partial charge in [0.15, 0.2) is 12.5 Å². The van der Waals surface area contributed by atoms with Gasteiger partial charge in [-0.15, -0.1) is 0 Å². The molecule has 1 unspecified atom stereocenters. The lowest BCUT2D eigenvalue weighted by molar-refractivity contribution is -0.117. The molecule has 0 bridgehead atoms. The predicted octanol–water partition coefficient (Wildman–Crippen LogP) is 4.08. The van der Waals surface area contributed by atoms with Crippen molar-refractivity contribution in [3.8, 4) is 11.1 Å². The number of benzene rings is 2. The fourth-order valence-electron chi connectivity index (χ4n) is 4.38. The van der Waals surface area contributed by atoms with E-state index in [1.54, 1.807) is 0 Å². The quantitative estimate of drug-likeness (QED) is 0.618. The van der Waals surface area contributed by atoms with E-state index in [0.717, 1.165) is 37.3 Å². The van der Waals surface area contributed by atoms with E-state index in [-0.39, 0.29) is 12.2 Å². The topological polar surface area (TPSA) is 41.4 Å². The number of hydrogen-bond donors (Lipinski definition) is 0. The molecule has 2 aromatic carbocycles. The predicted molar refractivity (Wildman–Crippen MR) is 117 cm³/mol. The van der Waals surface area contributed by atoms with Gasteiger partial charge < -0.3 is 4.90 Å². The van der Waals surface area contributed by atoms with Crippen LogP contribution >= 0.6 is 0 Å². The fraction of sp³-hybridized carbons (Fsp3) is 0.333. The number of para-hydroxylation sites is 1. The molecule has 1 aliphatic rings. The summed E-state index contributed by atoms with van der Waals surface area (Å²) in [7, 11) is 0. The zero-order valence-corrected chi connectivity index (χ0v) is 17.3. The summed E-state index contributed by atoms with van der Waals surface area (Å²) >= 11 is 0. The van der Waals surface area contributed by atoms with Crippen LogP contribution in [0.15, 0.2) is 60.7 Å². The van der Waals surface area contributed by atoms with E-state index in [9.17, 15) is 4.79 Å². The van der Waals surface area contributed by atoms with Crippen LogP contribution < -0.4 is 4.90 Å². The maximum absolute atomic E-state index is 12.0. The van der Waals surface area contributed by atoms with Crippen LogP contribution in [0.4, 0.5) is 5.69 Å². The number of nitrogens with zero attached hydrogens (tertiary/aromatic N) is 4. The van der Waals surface area contributed by atoms with Crippen LogP contribution in [-0.4, -0.2) is 46.6 Å². The molecule has 5 nitrogen and oxygen atoms in total. The van der Waals surface area contributed by atoms with E-state index in [1.165, 1.54) is 16.8 Å². The number of aldehydes is 1. The third kappa shape index (κ3) is 3.83. The molecule has 29 heavy (non-hydrogen) atoms. The number of aromatic nitrogens is 2. The molecule has 150 valence electrons. The summed E-state index contributed by atoms with van der Waals surface area (Å²) in [5.74, 6) is 0. The van der Waals surface area contributed by atoms with Crippen molar-refractivity contribution in [1.82, 2.24) is 14.7 Å². The van der Waals surface area contributed by atoms with Crippen LogP contribution in [0.5, 0.6) is 0 Å². The second kappa shape index (κ2) is 8.21. The second-order valence-electron chi connectivity index (χ2n) is 7.84. The third-order valence-electron chi connectivity index (χ3n) is 5.77. The van der Waals surface area contributed by atoms with Gasteiger partial charge in [0.2, 0.25) is 0 Å². The molecular weight excluding hydrogens is 360 g/mol. The number of aryl methyl sites for hydroxylation is 2. The van der Waals surface area contributed by atoms with Crippen molar-refractivity contribution in [3.05, 3.63) is 72.1 Å². The van der Waals surface area contributed by atoms with Gasteiger partial charge in [-0.1, -0.05) is 48.5 Å². The molecule has 1 fully saturated rings. The standard InChI is InChI=1S/C24H28N4O/c1-18-15-19(2)28(25-18)24(17-29)27-14-13-26(16-20(27)3)23-12-8-7-11-22(23)21-9-5-4-6-10-21/h4-12,15,17,20,24H,13-14,16H2,1-3H3/t20-,24?/m0/s1. The molecule has 1 aliphatic heterocycles. The fourth-order valence-corrected chi connectivity index (χ4v) is 4.38. The highest BCUT2D eigenvalue weighted by molar-refractivity contribution is 5.78. The molecule has 0 spiro atoms. The first-order valence-electron chi connectivity index (χ1n) is 10.2. The minimum absolute atomic E-state index is 0.228. The number of carbonyl (C=O) groups excluding carboxylic acids is 1. The van der Waals surface area contributed by atoms with E-state index in [0.29, 0.717) is 0 Å². The van der Waals surface area contributed by atoms with Crippen molar-refractivity contribution in [2.75, 3.05) is 24.5 Å². The van der Waals surface area contributed by atoms with Crippen LogP contribution in [0.25, 0.3) is 11.1 Å². The van der Waals surface area contributed by atoms with Crippen molar-refractivity contribution in [3.63, 3.8) is 0 Å². The molecule has 0 amide bonds. The number of rotatable bonds is 5. The minimum atomic E-state index is -0.356. The van der Waals surface area contributed by atoms with E-state index in [4.69, 9.17) is 0 Å². The summed E-state index contributed by atoms with van der Waals surface area (Å²) in [5.41, 5.74) is 5.69. The van der Waals surface area contributed by atoms with E-state index in [2.05, 4.69) is 70.4 Å². The first-order valence-corrected chi connectivity index (χ1v) is 10.2. The minimum Gasteiger partial charge on any atom is -0.368 e. The molecule has 0 saturated carbocycles. The number of anilines is 1. The monoisotopic (exact) mass is 388 g/mol. The lowest BCUT2D eigenvalue weighted by Gasteiger charge is -2.43. The zero-order valence-electron chi connectivity index (χ0n) is 17.3. The van der Waals surface area contributed by atoms with Gasteiger partial charge in [-0.3, -0.25) is 9.69 Å². The third-order valence-corrected chi connectivity index (χ3v) is 5.77. The summed E-state index contributed by atoms with van der Waals surface area (Å²) in [5, 5.41) is 4.55. The van der Waals surface area contributed by atoms with Crippen LogP contribution in [-0.2, 0) is 4.79 Å². The van der Waals surface area contributed by atoms with Gasteiger partial charge in [-0.2, -0.15) is 5.10 Å². The molecule has 1 aromatic heterocycles. The Bertz CT molecular complexity index is 982. The highest BCUT2D eigenvalue weighted by atomic mass is 16.1. The van der Waals surface area contributed by atoms with Crippen LogP contribution in [0.3, 0.4) is 0 Å². The average molecular weight is 389 g/mol. The summed E-state index contributed by atoms with van der Waals surface area (Å²) in [6.45, 7) is 8.72. The van der Waals surface area contributed by atoms with Gasteiger partial charge in [0.1, 0.15) is 0 Å². The van der Waals surface area contributed by atoms with Crippen LogP contribution in [0.2, 0.25) is 0 Å². The van der Waals surface area contributed by atoms with Crippen LogP contribution in [0.1, 0.15) is 24.5 Å². The van der Waals surface area contributed by atoms with Gasteiger partial charge in [-0.05, 0) is 38.5 Å². The Hall–Kier alpha value is -2.92. The molecule has 5 heteroatoms. The van der Waals surface area contributed by atoms with Gasteiger partial charge in [0, 0.05) is 42.6 Å². The molecule has 0 N–H and O–H groups in total. The van der Waals surface area contributed by atoms with Gasteiger partial charge >= 0.3 is 0 Å². The van der Waals surface area contributed by atoms with Gasteiger partial charge in [0.25, 0.3) is 0 Å². The van der Waals surface area contributed by atoms with Crippen molar-refractivity contribution in [1.29, 1.82) is 0 Å². The lowest BCUT2D eigenvalue weighted by Crippen LogP contribution is -2.54. The Morgan fingerprint density at radius 3 is 2.41 bits per heavy atom. The molecule has 2 atom stereocenters. The zero-order chi connectivity index (χ0) is 20.4. The summed E-state index contributed by atoms with van der Waals surface area (Å²) in [6, 6.07) is 21.3. The summed E-state index contributed by atoms with van der Waals surface area (Å²) in [4.78, 5) is 16.7. The Kier molecular flexibility index (Phi) is 5.49. The highest BCUT2D eigenvalue weighted by Crippen LogP contribution is 2.32. The van der Waals surface area contributed by atoms with E-state index < -0.39 is 0 Å². The molecule has 3 aromatic rings. The Morgan fingerprint density at radius 1 is 1.03 bits per heavy atom. The smallest absolute Gasteiger partial charge is 0.160 e. The SMILES string of the molecule is Cc1cc(C)n(C(C=O)N2CCN(c3ccccc3-c3ccccc3)C[C@@H]2C)n1. The largest absolute Gasteiger partial charge is 0.368 e. The maximum Gasteiger partial charge on any atom is 0.160 e. The molecule has 2 heterocycles. The van der Waals surface area contributed by atoms with Crippen molar-refractivity contribution in [2.24, 2.45) is 0 Å². The average Bonchev–Trinajstić information content (AvgIpc) is 3.08. The lowest BCUT2D eigenvalue weighted by atomic mass is 10.0. The molecule has 0 radical (unpaired) electrons. The number of hydrogen-bond acceptors (Lipinski definition) is 4. The maximum atomic E-state index is 12.0.